The minimum absolute atomic E-state index is 0.189. The second-order valence-electron chi connectivity index (χ2n) is 6.52. The van der Waals surface area contributed by atoms with E-state index in [4.69, 9.17) is 14.2 Å². The van der Waals surface area contributed by atoms with E-state index in [2.05, 4.69) is 0 Å². The molecule has 1 aliphatic rings. The van der Waals surface area contributed by atoms with Gasteiger partial charge in [-0.15, -0.1) is 0 Å². The molecule has 0 spiro atoms. The molecule has 30 heavy (non-hydrogen) atoms. The summed E-state index contributed by atoms with van der Waals surface area (Å²) in [7, 11) is 3.17. The molecular formula is C20H21N3O7. The fraction of sp³-hybridized carbons (Fsp3) is 0.300. The molecule has 0 aliphatic carbocycles. The summed E-state index contributed by atoms with van der Waals surface area (Å²) in [5.41, 5.74) is 0.0161. The van der Waals surface area contributed by atoms with Crippen LogP contribution >= 0.6 is 0 Å². The van der Waals surface area contributed by atoms with E-state index in [1.165, 1.54) is 28.0 Å². The number of carbonyl (C=O) groups excluding carboxylic acids is 2. The molecule has 0 bridgehead atoms. The molecule has 2 aromatic carbocycles. The second kappa shape index (κ2) is 9.12. The summed E-state index contributed by atoms with van der Waals surface area (Å²) in [5.74, 6) is 0.894. The highest BCUT2D eigenvalue weighted by molar-refractivity contribution is 6.02. The number of ether oxygens (including phenoxy) is 3. The number of anilines is 1. The first-order valence-corrected chi connectivity index (χ1v) is 9.11. The average Bonchev–Trinajstić information content (AvgIpc) is 2.75. The number of hydrogen-bond donors (Lipinski definition) is 0. The topological polar surface area (TPSA) is 111 Å². The normalized spacial score (nSPS) is 12.6. The van der Waals surface area contributed by atoms with Crippen molar-refractivity contribution in [3.05, 3.63) is 52.6 Å². The van der Waals surface area contributed by atoms with Crippen LogP contribution in [0.15, 0.2) is 42.5 Å². The van der Waals surface area contributed by atoms with Crippen LogP contribution in [-0.2, 0) is 9.59 Å². The Balaban J connectivity index is 1.60. The minimum Gasteiger partial charge on any atom is -0.497 e. The third kappa shape index (κ3) is 4.77. The number of amides is 2. The van der Waals surface area contributed by atoms with E-state index in [-0.39, 0.29) is 37.0 Å². The molecule has 0 aromatic heterocycles. The number of hydrogen-bond acceptors (Lipinski definition) is 7. The Hall–Kier alpha value is -3.82. The van der Waals surface area contributed by atoms with Gasteiger partial charge in [0.2, 0.25) is 5.91 Å². The molecule has 10 nitrogen and oxygen atoms in total. The zero-order valence-corrected chi connectivity index (χ0v) is 16.6. The van der Waals surface area contributed by atoms with Crippen molar-refractivity contribution in [3.8, 4) is 17.2 Å². The van der Waals surface area contributed by atoms with E-state index in [1.807, 2.05) is 0 Å². The number of rotatable bonds is 8. The fourth-order valence-electron chi connectivity index (χ4n) is 2.83. The van der Waals surface area contributed by atoms with Crippen LogP contribution in [0.1, 0.15) is 0 Å². The predicted molar refractivity (Wildman–Crippen MR) is 107 cm³/mol. The Labute approximate surface area is 172 Å². The van der Waals surface area contributed by atoms with Gasteiger partial charge in [-0.1, -0.05) is 0 Å². The Kier molecular flexibility index (Phi) is 6.35. The van der Waals surface area contributed by atoms with Gasteiger partial charge >= 0.3 is 0 Å². The van der Waals surface area contributed by atoms with Crippen LogP contribution in [0.25, 0.3) is 0 Å². The Morgan fingerprint density at radius 2 is 1.93 bits per heavy atom. The van der Waals surface area contributed by atoms with Crippen molar-refractivity contribution in [1.29, 1.82) is 0 Å². The minimum atomic E-state index is -0.567. The van der Waals surface area contributed by atoms with Crippen molar-refractivity contribution in [3.63, 3.8) is 0 Å². The average molecular weight is 415 g/mol. The summed E-state index contributed by atoms with van der Waals surface area (Å²) in [6, 6.07) is 11.0. The lowest BCUT2D eigenvalue weighted by Gasteiger charge is -2.30. The third-order valence-electron chi connectivity index (χ3n) is 4.57. The molecule has 158 valence electrons. The molecule has 3 rings (SSSR count). The summed E-state index contributed by atoms with van der Waals surface area (Å²) >= 11 is 0. The zero-order valence-electron chi connectivity index (χ0n) is 16.6. The monoisotopic (exact) mass is 415 g/mol. The Morgan fingerprint density at radius 3 is 2.60 bits per heavy atom. The van der Waals surface area contributed by atoms with Crippen molar-refractivity contribution in [2.75, 3.05) is 45.4 Å². The van der Waals surface area contributed by atoms with Crippen LogP contribution in [0.5, 0.6) is 17.2 Å². The van der Waals surface area contributed by atoms with Gasteiger partial charge in [0, 0.05) is 19.2 Å². The van der Waals surface area contributed by atoms with Gasteiger partial charge < -0.3 is 19.1 Å². The van der Waals surface area contributed by atoms with E-state index in [0.29, 0.717) is 23.8 Å². The largest absolute Gasteiger partial charge is 0.497 e. The summed E-state index contributed by atoms with van der Waals surface area (Å²) < 4.78 is 16.0. The smallest absolute Gasteiger partial charge is 0.271 e. The summed E-state index contributed by atoms with van der Waals surface area (Å²) in [4.78, 5) is 38.0. The van der Waals surface area contributed by atoms with Crippen molar-refractivity contribution in [2.24, 2.45) is 0 Å². The van der Waals surface area contributed by atoms with Crippen LogP contribution in [-0.4, -0.2) is 62.1 Å². The van der Waals surface area contributed by atoms with Gasteiger partial charge in [0.05, 0.1) is 24.3 Å². The number of carbonyl (C=O) groups is 2. The van der Waals surface area contributed by atoms with E-state index in [9.17, 15) is 19.7 Å². The molecular weight excluding hydrogens is 394 g/mol. The number of benzene rings is 2. The van der Waals surface area contributed by atoms with Crippen molar-refractivity contribution >= 4 is 23.2 Å². The van der Waals surface area contributed by atoms with Gasteiger partial charge in [-0.05, 0) is 30.3 Å². The van der Waals surface area contributed by atoms with E-state index >= 15 is 0 Å². The van der Waals surface area contributed by atoms with Crippen molar-refractivity contribution < 1.29 is 28.7 Å². The molecule has 1 aliphatic heterocycles. The highest BCUT2D eigenvalue weighted by Gasteiger charge is 2.30. The van der Waals surface area contributed by atoms with Crippen LogP contribution in [0, 0.1) is 10.1 Å². The number of nitrogens with zero attached hydrogens (tertiary/aromatic N) is 3. The van der Waals surface area contributed by atoms with E-state index in [0.717, 1.165) is 0 Å². The Morgan fingerprint density at radius 1 is 1.23 bits per heavy atom. The van der Waals surface area contributed by atoms with Gasteiger partial charge in [0.25, 0.3) is 11.6 Å². The molecule has 2 aromatic rings. The molecule has 0 saturated carbocycles. The van der Waals surface area contributed by atoms with Gasteiger partial charge in [0.1, 0.15) is 30.4 Å². The second-order valence-corrected chi connectivity index (χ2v) is 6.52. The maximum Gasteiger partial charge on any atom is 0.271 e. The van der Waals surface area contributed by atoms with Crippen LogP contribution in [0.3, 0.4) is 0 Å². The molecule has 10 heteroatoms. The summed E-state index contributed by atoms with van der Waals surface area (Å²) in [6.07, 6.45) is 0. The van der Waals surface area contributed by atoms with Gasteiger partial charge in [-0.2, -0.15) is 0 Å². The maximum atomic E-state index is 12.6. The lowest BCUT2D eigenvalue weighted by molar-refractivity contribution is -0.384. The number of nitro benzene ring substituents is 1. The van der Waals surface area contributed by atoms with Gasteiger partial charge in [-0.25, -0.2) is 0 Å². The lowest BCUT2D eigenvalue weighted by Crippen LogP contribution is -2.46. The van der Waals surface area contributed by atoms with Crippen LogP contribution < -0.4 is 19.1 Å². The fourth-order valence-corrected chi connectivity index (χ4v) is 2.83. The standard InChI is InChI=1S/C20H21N3O7/c1-21(9-10-29-16-6-4-15(28-2)5-7-16)19(24)12-22-17-11-14(23(26)27)3-8-18(17)30-13-20(22)25/h3-8,11H,9-10,12-13H2,1-2H3. The van der Waals surface area contributed by atoms with Crippen molar-refractivity contribution in [1.82, 2.24) is 4.90 Å². The predicted octanol–water partition coefficient (Wildman–Crippen LogP) is 1.87. The molecule has 0 N–H and O–H groups in total. The third-order valence-corrected chi connectivity index (χ3v) is 4.57. The molecule has 0 fully saturated rings. The number of methoxy groups -OCH3 is 1. The molecule has 2 amide bonds. The molecule has 0 unspecified atom stereocenters. The van der Waals surface area contributed by atoms with Crippen LogP contribution in [0.4, 0.5) is 11.4 Å². The zero-order chi connectivity index (χ0) is 21.7. The van der Waals surface area contributed by atoms with Gasteiger partial charge in [-0.3, -0.25) is 24.6 Å². The van der Waals surface area contributed by atoms with Crippen LogP contribution in [0.2, 0.25) is 0 Å². The number of likely N-dealkylation sites (N-methyl/N-ethyl adjacent to an activating group) is 1. The van der Waals surface area contributed by atoms with E-state index in [1.54, 1.807) is 38.4 Å². The summed E-state index contributed by atoms with van der Waals surface area (Å²) in [6.45, 7) is 0.0661. The Bertz CT molecular complexity index is 946. The molecule has 0 radical (unpaired) electrons. The van der Waals surface area contributed by atoms with E-state index < -0.39 is 10.8 Å². The molecule has 0 saturated heterocycles. The molecule has 0 atom stereocenters. The lowest BCUT2D eigenvalue weighted by atomic mass is 10.2. The molecule has 1 heterocycles. The summed E-state index contributed by atoms with van der Waals surface area (Å²) in [5, 5.41) is 11.0. The quantitative estimate of drug-likeness (QED) is 0.478. The first kappa shape index (κ1) is 20.9. The number of nitro groups is 1. The first-order chi connectivity index (χ1) is 14.4. The van der Waals surface area contributed by atoms with Crippen molar-refractivity contribution in [2.45, 2.75) is 0 Å². The number of non-ortho nitro benzene ring substituents is 1. The van der Waals surface area contributed by atoms with Gasteiger partial charge in [0.15, 0.2) is 6.61 Å². The first-order valence-electron chi connectivity index (χ1n) is 9.11. The maximum absolute atomic E-state index is 12.6. The highest BCUT2D eigenvalue weighted by atomic mass is 16.6. The highest BCUT2D eigenvalue weighted by Crippen LogP contribution is 2.35. The number of fused-ring (bicyclic) bond motifs is 1. The SMILES string of the molecule is COc1ccc(OCCN(C)C(=O)CN2C(=O)COc3ccc([N+](=O)[O-])cc32)cc1.